The molecule has 70 valence electrons. The van der Waals surface area contributed by atoms with Crippen molar-refractivity contribution in [1.82, 2.24) is 9.97 Å². The Morgan fingerprint density at radius 2 is 1.29 bits per heavy atom. The summed E-state index contributed by atoms with van der Waals surface area (Å²) >= 11 is 11.6. The van der Waals surface area contributed by atoms with Crippen molar-refractivity contribution in [3.63, 3.8) is 0 Å². The van der Waals surface area contributed by atoms with Crippen LogP contribution in [0.2, 0.25) is 10.3 Å². The highest BCUT2D eigenvalue weighted by molar-refractivity contribution is 6.40. The molecule has 0 saturated heterocycles. The molecule has 3 rings (SSSR count). The van der Waals surface area contributed by atoms with E-state index in [1.54, 1.807) is 0 Å². The third kappa shape index (κ3) is 1.11. The van der Waals surface area contributed by atoms with Gasteiger partial charge in [-0.2, -0.15) is 0 Å². The lowest BCUT2D eigenvalue weighted by Gasteiger charge is -2.18. The van der Waals surface area contributed by atoms with E-state index in [0.717, 1.165) is 23.9 Å². The Labute approximate surface area is 90.9 Å². The average Bonchev–Trinajstić information content (AvgIpc) is 2.13. The number of rotatable bonds is 0. The summed E-state index contributed by atoms with van der Waals surface area (Å²) in [6.07, 6.45) is 2.26. The molecule has 1 aromatic carbocycles. The molecule has 0 atom stereocenters. The SMILES string of the molecule is Clc1nc2cc3c(cc2nc1Cl)CC3. The summed E-state index contributed by atoms with van der Waals surface area (Å²) in [5.74, 6) is 0. The molecule has 0 radical (unpaired) electrons. The van der Waals surface area contributed by atoms with Crippen molar-refractivity contribution in [3.05, 3.63) is 33.6 Å². The minimum Gasteiger partial charge on any atom is -0.231 e. The first-order valence-electron chi connectivity index (χ1n) is 4.38. The summed E-state index contributed by atoms with van der Waals surface area (Å²) in [5, 5.41) is 0.553. The number of benzene rings is 1. The Kier molecular flexibility index (Phi) is 1.70. The number of hydrogen-bond donors (Lipinski definition) is 0. The first kappa shape index (κ1) is 8.45. The smallest absolute Gasteiger partial charge is 0.167 e. The van der Waals surface area contributed by atoms with E-state index in [4.69, 9.17) is 23.2 Å². The lowest BCUT2D eigenvalue weighted by Crippen LogP contribution is -2.08. The number of nitrogens with zero attached hydrogens (tertiary/aromatic N) is 2. The molecule has 0 amide bonds. The summed E-state index contributed by atoms with van der Waals surface area (Å²) < 4.78 is 0. The lowest BCUT2D eigenvalue weighted by atomic mass is 9.88. The van der Waals surface area contributed by atoms with Gasteiger partial charge in [0.2, 0.25) is 0 Å². The Bertz CT molecular complexity index is 458. The first-order valence-corrected chi connectivity index (χ1v) is 5.14. The molecule has 1 aromatic heterocycles. The van der Waals surface area contributed by atoms with E-state index in [-0.39, 0.29) is 10.3 Å². The highest BCUT2D eigenvalue weighted by Gasteiger charge is 2.15. The quantitative estimate of drug-likeness (QED) is 0.688. The van der Waals surface area contributed by atoms with Crippen molar-refractivity contribution < 1.29 is 0 Å². The van der Waals surface area contributed by atoms with E-state index in [0.29, 0.717) is 0 Å². The summed E-state index contributed by atoms with van der Waals surface area (Å²) in [5.41, 5.74) is 4.37. The van der Waals surface area contributed by atoms with Crippen molar-refractivity contribution in [3.8, 4) is 0 Å². The van der Waals surface area contributed by atoms with E-state index in [2.05, 4.69) is 9.97 Å². The van der Waals surface area contributed by atoms with Gasteiger partial charge in [-0.1, -0.05) is 23.2 Å². The van der Waals surface area contributed by atoms with E-state index in [1.165, 1.54) is 11.1 Å². The van der Waals surface area contributed by atoms with Crippen LogP contribution in [-0.2, 0) is 12.8 Å². The Morgan fingerprint density at radius 1 is 0.857 bits per heavy atom. The van der Waals surface area contributed by atoms with Gasteiger partial charge in [0.25, 0.3) is 0 Å². The molecule has 1 aliphatic carbocycles. The Hall–Kier alpha value is -0.860. The summed E-state index contributed by atoms with van der Waals surface area (Å²) in [7, 11) is 0. The van der Waals surface area contributed by atoms with Crippen molar-refractivity contribution >= 4 is 34.2 Å². The van der Waals surface area contributed by atoms with Gasteiger partial charge in [-0.05, 0) is 36.1 Å². The van der Waals surface area contributed by atoms with Gasteiger partial charge in [-0.3, -0.25) is 0 Å². The number of aromatic nitrogens is 2. The van der Waals surface area contributed by atoms with Crippen LogP contribution in [0.5, 0.6) is 0 Å². The fourth-order valence-electron chi connectivity index (χ4n) is 1.70. The maximum absolute atomic E-state index is 5.79. The predicted octanol–water partition coefficient (Wildman–Crippen LogP) is 3.04. The highest BCUT2D eigenvalue weighted by Crippen LogP contribution is 2.28. The van der Waals surface area contributed by atoms with Crippen LogP contribution in [-0.4, -0.2) is 9.97 Å². The third-order valence-electron chi connectivity index (χ3n) is 2.57. The topological polar surface area (TPSA) is 25.8 Å². The zero-order valence-corrected chi connectivity index (χ0v) is 8.73. The Morgan fingerprint density at radius 3 is 1.64 bits per heavy atom. The third-order valence-corrected chi connectivity index (χ3v) is 3.19. The van der Waals surface area contributed by atoms with E-state index >= 15 is 0 Å². The molecule has 0 unspecified atom stereocenters. The molecule has 1 heterocycles. The van der Waals surface area contributed by atoms with Crippen LogP contribution < -0.4 is 0 Å². The van der Waals surface area contributed by atoms with Crippen LogP contribution >= 0.6 is 23.2 Å². The van der Waals surface area contributed by atoms with E-state index in [9.17, 15) is 0 Å². The summed E-state index contributed by atoms with van der Waals surface area (Å²) in [4.78, 5) is 8.36. The van der Waals surface area contributed by atoms with Gasteiger partial charge in [0.05, 0.1) is 11.0 Å². The number of hydrogen-bond acceptors (Lipinski definition) is 2. The standard InChI is InChI=1S/C10H6Cl2N2/c11-9-10(12)14-8-4-6-2-1-5(6)3-7(8)13-9/h3-4H,1-2H2. The Balaban J connectivity index is 2.38. The molecule has 0 saturated carbocycles. The molecule has 2 nitrogen and oxygen atoms in total. The van der Waals surface area contributed by atoms with Gasteiger partial charge < -0.3 is 0 Å². The number of aryl methyl sites for hydroxylation is 2. The fourth-order valence-corrected chi connectivity index (χ4v) is 1.97. The predicted molar refractivity (Wildman–Crippen MR) is 57.0 cm³/mol. The van der Waals surface area contributed by atoms with Crippen molar-refractivity contribution in [2.75, 3.05) is 0 Å². The summed E-state index contributed by atoms with van der Waals surface area (Å²) in [6.45, 7) is 0. The van der Waals surface area contributed by atoms with Crippen molar-refractivity contribution in [2.45, 2.75) is 12.8 Å². The van der Waals surface area contributed by atoms with Gasteiger partial charge in [0.1, 0.15) is 0 Å². The second-order valence-electron chi connectivity index (χ2n) is 3.41. The van der Waals surface area contributed by atoms with Crippen LogP contribution in [0, 0.1) is 0 Å². The average molecular weight is 225 g/mol. The van der Waals surface area contributed by atoms with Crippen LogP contribution in [0.15, 0.2) is 12.1 Å². The van der Waals surface area contributed by atoms with Crippen LogP contribution in [0.4, 0.5) is 0 Å². The van der Waals surface area contributed by atoms with E-state index in [1.807, 2.05) is 12.1 Å². The number of halogens is 2. The molecule has 0 spiro atoms. The zero-order chi connectivity index (χ0) is 9.71. The van der Waals surface area contributed by atoms with Gasteiger partial charge in [0, 0.05) is 0 Å². The summed E-state index contributed by atoms with van der Waals surface area (Å²) in [6, 6.07) is 4.09. The molecule has 14 heavy (non-hydrogen) atoms. The van der Waals surface area contributed by atoms with Gasteiger partial charge >= 0.3 is 0 Å². The van der Waals surface area contributed by atoms with Crippen LogP contribution in [0.3, 0.4) is 0 Å². The molecule has 1 aliphatic rings. The van der Waals surface area contributed by atoms with Crippen molar-refractivity contribution in [1.29, 1.82) is 0 Å². The van der Waals surface area contributed by atoms with E-state index < -0.39 is 0 Å². The highest BCUT2D eigenvalue weighted by atomic mass is 35.5. The zero-order valence-electron chi connectivity index (χ0n) is 7.22. The minimum atomic E-state index is 0.276. The molecule has 2 aromatic rings. The maximum Gasteiger partial charge on any atom is 0.167 e. The van der Waals surface area contributed by atoms with Gasteiger partial charge in [0.15, 0.2) is 10.3 Å². The van der Waals surface area contributed by atoms with Crippen LogP contribution in [0.1, 0.15) is 11.1 Å². The molecule has 0 aliphatic heterocycles. The van der Waals surface area contributed by atoms with Gasteiger partial charge in [-0.25, -0.2) is 9.97 Å². The fraction of sp³-hybridized carbons (Fsp3) is 0.200. The molecule has 4 heteroatoms. The molecule has 0 fully saturated rings. The molecular weight excluding hydrogens is 219 g/mol. The minimum absolute atomic E-state index is 0.276. The second-order valence-corrected chi connectivity index (χ2v) is 4.13. The molecular formula is C10H6Cl2N2. The largest absolute Gasteiger partial charge is 0.231 e. The second kappa shape index (κ2) is 2.81. The van der Waals surface area contributed by atoms with Gasteiger partial charge in [-0.15, -0.1) is 0 Å². The number of fused-ring (bicyclic) bond motifs is 2. The molecule has 0 N–H and O–H groups in total. The normalized spacial score (nSPS) is 13.9. The monoisotopic (exact) mass is 224 g/mol. The molecule has 0 bridgehead atoms. The first-order chi connectivity index (χ1) is 6.74. The lowest BCUT2D eigenvalue weighted by molar-refractivity contribution is 0.842. The van der Waals surface area contributed by atoms with Crippen molar-refractivity contribution in [2.24, 2.45) is 0 Å². The van der Waals surface area contributed by atoms with Crippen LogP contribution in [0.25, 0.3) is 11.0 Å². The maximum atomic E-state index is 5.79.